The van der Waals surface area contributed by atoms with Gasteiger partial charge in [-0.3, -0.25) is 9.52 Å². The molecule has 0 fully saturated rings. The zero-order valence-corrected chi connectivity index (χ0v) is 16.4. The third kappa shape index (κ3) is 4.76. The second kappa shape index (κ2) is 7.37. The third-order valence-electron chi connectivity index (χ3n) is 3.80. The van der Waals surface area contributed by atoms with Crippen molar-refractivity contribution in [1.82, 2.24) is 0 Å². The van der Waals surface area contributed by atoms with Crippen LogP contribution in [0.1, 0.15) is 33.3 Å². The van der Waals surface area contributed by atoms with Crippen LogP contribution in [0.5, 0.6) is 5.75 Å². The van der Waals surface area contributed by atoms with Gasteiger partial charge in [0.05, 0.1) is 23.4 Å². The summed E-state index contributed by atoms with van der Waals surface area (Å²) in [7, 11) is -2.28. The lowest BCUT2D eigenvalue weighted by Gasteiger charge is -2.19. The molecule has 0 bridgehead atoms. The zero-order chi connectivity index (χ0) is 19.5. The first-order valence-electron chi connectivity index (χ1n) is 8.12. The predicted octanol–water partition coefficient (Wildman–Crippen LogP) is 3.75. The Hall–Kier alpha value is -2.54. The summed E-state index contributed by atoms with van der Waals surface area (Å²) in [5.74, 6) is 0.124. The van der Waals surface area contributed by atoms with Crippen molar-refractivity contribution in [1.29, 1.82) is 0 Å². The molecular formula is C19H24N2O4S. The van der Waals surface area contributed by atoms with Crippen molar-refractivity contribution in [2.75, 3.05) is 17.1 Å². The second-order valence-corrected chi connectivity index (χ2v) is 8.66. The van der Waals surface area contributed by atoms with Gasteiger partial charge >= 0.3 is 0 Å². The maximum atomic E-state index is 12.6. The molecule has 0 aliphatic heterocycles. The molecule has 0 atom stereocenters. The van der Waals surface area contributed by atoms with Crippen LogP contribution in [0.3, 0.4) is 0 Å². The highest BCUT2D eigenvalue weighted by atomic mass is 32.2. The van der Waals surface area contributed by atoms with Gasteiger partial charge in [-0.15, -0.1) is 0 Å². The SMILES string of the molecule is COc1cc(NS(=O)(=O)c2ccc(C(C)(C)C)cc2)ccc1NC(C)=O. The molecule has 26 heavy (non-hydrogen) atoms. The lowest BCUT2D eigenvalue weighted by molar-refractivity contribution is -0.114. The largest absolute Gasteiger partial charge is 0.494 e. The number of rotatable bonds is 5. The van der Waals surface area contributed by atoms with Gasteiger partial charge in [-0.05, 0) is 35.2 Å². The quantitative estimate of drug-likeness (QED) is 0.832. The fourth-order valence-corrected chi connectivity index (χ4v) is 3.45. The van der Waals surface area contributed by atoms with Gasteiger partial charge in [0, 0.05) is 13.0 Å². The summed E-state index contributed by atoms with van der Waals surface area (Å²) in [5, 5.41) is 2.63. The Labute approximate surface area is 154 Å². The summed E-state index contributed by atoms with van der Waals surface area (Å²) in [6, 6.07) is 11.5. The molecule has 0 saturated carbocycles. The highest BCUT2D eigenvalue weighted by Gasteiger charge is 2.18. The van der Waals surface area contributed by atoms with E-state index in [1.165, 1.54) is 20.1 Å². The normalized spacial score (nSPS) is 11.7. The van der Waals surface area contributed by atoms with Crippen LogP contribution in [0.2, 0.25) is 0 Å². The van der Waals surface area contributed by atoms with E-state index in [9.17, 15) is 13.2 Å². The van der Waals surface area contributed by atoms with Crippen molar-refractivity contribution >= 4 is 27.3 Å². The minimum atomic E-state index is -3.73. The van der Waals surface area contributed by atoms with Crippen LogP contribution in [0.25, 0.3) is 0 Å². The maximum Gasteiger partial charge on any atom is 0.261 e. The summed E-state index contributed by atoms with van der Waals surface area (Å²) < 4.78 is 32.9. The fourth-order valence-electron chi connectivity index (χ4n) is 2.40. The van der Waals surface area contributed by atoms with E-state index in [1.54, 1.807) is 24.3 Å². The number of benzene rings is 2. The molecular weight excluding hydrogens is 352 g/mol. The van der Waals surface area contributed by atoms with Crippen LogP contribution in [-0.2, 0) is 20.2 Å². The highest BCUT2D eigenvalue weighted by Crippen LogP contribution is 2.29. The van der Waals surface area contributed by atoms with Gasteiger partial charge in [0.25, 0.3) is 10.0 Å². The van der Waals surface area contributed by atoms with Crippen LogP contribution in [0.4, 0.5) is 11.4 Å². The number of amides is 1. The van der Waals surface area contributed by atoms with Crippen LogP contribution in [0.15, 0.2) is 47.4 Å². The summed E-state index contributed by atoms with van der Waals surface area (Å²) >= 11 is 0. The van der Waals surface area contributed by atoms with Crippen LogP contribution >= 0.6 is 0 Å². The first-order valence-corrected chi connectivity index (χ1v) is 9.60. The van der Waals surface area contributed by atoms with Crippen LogP contribution in [-0.4, -0.2) is 21.4 Å². The number of hydrogen-bond acceptors (Lipinski definition) is 4. The Bertz CT molecular complexity index is 898. The average Bonchev–Trinajstić information content (AvgIpc) is 2.55. The molecule has 2 aromatic rings. The number of anilines is 2. The molecule has 0 unspecified atom stereocenters. The molecule has 0 saturated heterocycles. The van der Waals surface area contributed by atoms with E-state index in [2.05, 4.69) is 30.8 Å². The molecule has 2 rings (SSSR count). The molecule has 0 aliphatic carbocycles. The van der Waals surface area contributed by atoms with E-state index < -0.39 is 10.0 Å². The number of nitrogens with one attached hydrogen (secondary N) is 2. The lowest BCUT2D eigenvalue weighted by Crippen LogP contribution is -2.15. The zero-order valence-electron chi connectivity index (χ0n) is 15.6. The molecule has 140 valence electrons. The van der Waals surface area contributed by atoms with E-state index in [4.69, 9.17) is 4.74 Å². The van der Waals surface area contributed by atoms with Crippen molar-refractivity contribution in [3.63, 3.8) is 0 Å². The summed E-state index contributed by atoms with van der Waals surface area (Å²) in [6.07, 6.45) is 0. The molecule has 2 N–H and O–H groups in total. The number of sulfonamides is 1. The fraction of sp³-hybridized carbons (Fsp3) is 0.316. The number of carbonyl (C=O) groups excluding carboxylic acids is 1. The maximum absolute atomic E-state index is 12.6. The molecule has 0 spiro atoms. The Balaban J connectivity index is 2.27. The standard InChI is InChI=1S/C19H24N2O4S/c1-13(22)20-17-11-8-15(12-18(17)25-5)21-26(23,24)16-9-6-14(7-10-16)19(2,3)4/h6-12,21H,1-5H3,(H,20,22). The van der Waals surface area contributed by atoms with Gasteiger partial charge in [0.1, 0.15) is 5.75 Å². The molecule has 7 heteroatoms. The highest BCUT2D eigenvalue weighted by molar-refractivity contribution is 7.92. The number of carbonyl (C=O) groups is 1. The molecule has 0 heterocycles. The smallest absolute Gasteiger partial charge is 0.261 e. The lowest BCUT2D eigenvalue weighted by atomic mass is 9.87. The van der Waals surface area contributed by atoms with E-state index >= 15 is 0 Å². The van der Waals surface area contributed by atoms with Crippen molar-refractivity contribution in [2.24, 2.45) is 0 Å². The minimum Gasteiger partial charge on any atom is -0.494 e. The van der Waals surface area contributed by atoms with Gasteiger partial charge in [-0.25, -0.2) is 8.42 Å². The van der Waals surface area contributed by atoms with Gasteiger partial charge in [-0.1, -0.05) is 32.9 Å². The minimum absolute atomic E-state index is 0.0529. The summed E-state index contributed by atoms with van der Waals surface area (Å²) in [4.78, 5) is 11.4. The topological polar surface area (TPSA) is 84.5 Å². The van der Waals surface area contributed by atoms with Gasteiger partial charge in [0.15, 0.2) is 0 Å². The van der Waals surface area contributed by atoms with E-state index in [0.29, 0.717) is 17.1 Å². The third-order valence-corrected chi connectivity index (χ3v) is 5.19. The van der Waals surface area contributed by atoms with Crippen molar-refractivity contribution in [2.45, 2.75) is 38.0 Å². The first kappa shape index (κ1) is 19.8. The summed E-state index contributed by atoms with van der Waals surface area (Å²) in [5.41, 5.74) is 1.81. The molecule has 2 aromatic carbocycles. The van der Waals surface area contributed by atoms with Crippen molar-refractivity contribution < 1.29 is 17.9 Å². The van der Waals surface area contributed by atoms with Crippen LogP contribution in [0, 0.1) is 0 Å². The number of hydrogen-bond donors (Lipinski definition) is 2. The number of methoxy groups -OCH3 is 1. The van der Waals surface area contributed by atoms with Gasteiger partial charge in [0.2, 0.25) is 5.91 Å². The van der Waals surface area contributed by atoms with Gasteiger partial charge in [-0.2, -0.15) is 0 Å². The van der Waals surface area contributed by atoms with Crippen molar-refractivity contribution in [3.05, 3.63) is 48.0 Å². The second-order valence-electron chi connectivity index (χ2n) is 6.98. The summed E-state index contributed by atoms with van der Waals surface area (Å²) in [6.45, 7) is 7.59. The average molecular weight is 376 g/mol. The van der Waals surface area contributed by atoms with Crippen LogP contribution < -0.4 is 14.8 Å². The Morgan fingerprint density at radius 2 is 1.65 bits per heavy atom. The monoisotopic (exact) mass is 376 g/mol. The number of ether oxygens (including phenoxy) is 1. The molecule has 0 aromatic heterocycles. The van der Waals surface area contributed by atoms with Gasteiger partial charge < -0.3 is 10.1 Å². The molecule has 0 radical (unpaired) electrons. The van der Waals surface area contributed by atoms with E-state index in [-0.39, 0.29) is 16.2 Å². The predicted molar refractivity (Wildman–Crippen MR) is 103 cm³/mol. The molecule has 6 nitrogen and oxygen atoms in total. The Kier molecular flexibility index (Phi) is 5.61. The molecule has 0 aliphatic rings. The Morgan fingerprint density at radius 3 is 2.15 bits per heavy atom. The molecule has 1 amide bonds. The van der Waals surface area contributed by atoms with Crippen molar-refractivity contribution in [3.8, 4) is 5.75 Å². The van der Waals surface area contributed by atoms with E-state index in [1.807, 2.05) is 12.1 Å². The first-order chi connectivity index (χ1) is 12.0. The Morgan fingerprint density at radius 1 is 1.04 bits per heavy atom. The van der Waals surface area contributed by atoms with E-state index in [0.717, 1.165) is 5.56 Å².